The van der Waals surface area contributed by atoms with Crippen molar-refractivity contribution in [1.82, 2.24) is 15.1 Å². The van der Waals surface area contributed by atoms with Gasteiger partial charge in [-0.05, 0) is 29.0 Å². The van der Waals surface area contributed by atoms with Crippen molar-refractivity contribution in [1.29, 1.82) is 0 Å². The topological polar surface area (TPSA) is 88.2 Å². The highest BCUT2D eigenvalue weighted by molar-refractivity contribution is 6.53. The van der Waals surface area contributed by atoms with Gasteiger partial charge in [0, 0.05) is 37.2 Å². The molecule has 37 heavy (non-hydrogen) atoms. The van der Waals surface area contributed by atoms with E-state index in [0.29, 0.717) is 0 Å². The molecule has 0 bridgehead atoms. The van der Waals surface area contributed by atoms with Crippen LogP contribution in [-0.2, 0) is 32.8 Å². The van der Waals surface area contributed by atoms with E-state index in [1.807, 2.05) is 24.3 Å². The number of carbonyl (C=O) groups excluding carboxylic acids is 3. The number of nitrogens with zero attached hydrogens (tertiary/aromatic N) is 2. The molecule has 2 aromatic carbocycles. The van der Waals surface area contributed by atoms with Gasteiger partial charge in [-0.25, -0.2) is 0 Å². The molecule has 3 aliphatic heterocycles. The first-order valence-electron chi connectivity index (χ1n) is 12.1. The summed E-state index contributed by atoms with van der Waals surface area (Å²) >= 11 is 0. The van der Waals surface area contributed by atoms with Crippen molar-refractivity contribution in [2.45, 2.75) is 37.4 Å². The van der Waals surface area contributed by atoms with Crippen molar-refractivity contribution in [3.8, 4) is 5.75 Å². The number of imide groups is 1. The van der Waals surface area contributed by atoms with Crippen LogP contribution in [0.1, 0.15) is 39.9 Å². The highest BCUT2D eigenvalue weighted by Crippen LogP contribution is 2.41. The molecule has 2 aromatic rings. The van der Waals surface area contributed by atoms with E-state index in [1.54, 1.807) is 0 Å². The number of rotatable bonds is 6. The van der Waals surface area contributed by atoms with Gasteiger partial charge in [0.2, 0.25) is 11.8 Å². The maximum Gasteiger partial charge on any atom is 0.253 e. The van der Waals surface area contributed by atoms with Gasteiger partial charge in [0.05, 0.1) is 28.9 Å². The highest BCUT2D eigenvalue weighted by Gasteiger charge is 2.50. The summed E-state index contributed by atoms with van der Waals surface area (Å²) in [6.07, 6.45) is 0.137. The van der Waals surface area contributed by atoms with Crippen LogP contribution >= 0.6 is 0 Å². The zero-order chi connectivity index (χ0) is 26.3. The number of morpholine rings is 1. The van der Waals surface area contributed by atoms with Gasteiger partial charge >= 0.3 is 0 Å². The zero-order valence-electron chi connectivity index (χ0n) is 20.4. The van der Waals surface area contributed by atoms with Gasteiger partial charge < -0.3 is 14.4 Å². The number of nitrogens with one attached hydrogen (secondary N) is 1. The number of piperidine rings is 1. The minimum Gasteiger partial charge on any atom is -0.489 e. The summed E-state index contributed by atoms with van der Waals surface area (Å²) in [5.41, 5.74) is 2.36. The Kier molecular flexibility index (Phi) is 6.98. The van der Waals surface area contributed by atoms with Gasteiger partial charge in [-0.15, -0.1) is 0 Å². The fraction of sp³-hybridized carbons (Fsp3) is 0.400. The Hall–Kier alpha value is -2.97. The average molecular weight is 489 g/mol. The predicted octanol–water partition coefficient (Wildman–Crippen LogP) is -1.61. The molecule has 1 atom stereocenters. The molecule has 8 nitrogen and oxygen atoms in total. The molecule has 3 aliphatic rings. The predicted molar refractivity (Wildman–Crippen MR) is 140 cm³/mol. The van der Waals surface area contributed by atoms with E-state index in [-0.39, 0.29) is 47.3 Å². The van der Waals surface area contributed by atoms with E-state index in [0.717, 1.165) is 43.3 Å². The molecule has 0 spiro atoms. The molecule has 12 heteroatoms. The fourth-order valence-electron chi connectivity index (χ4n) is 5.08. The van der Waals surface area contributed by atoms with E-state index in [2.05, 4.69) is 10.2 Å². The second kappa shape index (κ2) is 10.1. The van der Waals surface area contributed by atoms with Crippen molar-refractivity contribution >= 4 is 60.0 Å². The second-order valence-corrected chi connectivity index (χ2v) is 9.59. The zero-order valence-corrected chi connectivity index (χ0v) is 20.4. The first-order valence-corrected chi connectivity index (χ1v) is 12.1. The van der Waals surface area contributed by atoms with Crippen molar-refractivity contribution in [2.75, 3.05) is 26.3 Å². The first-order chi connectivity index (χ1) is 17.7. The van der Waals surface area contributed by atoms with E-state index in [4.69, 9.17) is 40.9 Å². The summed E-state index contributed by atoms with van der Waals surface area (Å²) in [4.78, 5) is 41.0. The minimum absolute atomic E-state index is 0.00515. The Morgan fingerprint density at radius 3 is 2.41 bits per heavy atom. The molecule has 5 rings (SSSR count). The van der Waals surface area contributed by atoms with Crippen molar-refractivity contribution in [3.05, 3.63) is 52.6 Å². The van der Waals surface area contributed by atoms with Crippen LogP contribution in [0.25, 0.3) is 0 Å². The van der Waals surface area contributed by atoms with E-state index in [1.165, 1.54) is 11.6 Å². The van der Waals surface area contributed by atoms with Crippen molar-refractivity contribution in [3.63, 3.8) is 0 Å². The maximum atomic E-state index is 13.4. The molecule has 0 aromatic heterocycles. The summed E-state index contributed by atoms with van der Waals surface area (Å²) in [5.74, 6) is -1.51. The molecule has 3 heterocycles. The van der Waals surface area contributed by atoms with Crippen LogP contribution in [0.3, 0.4) is 0 Å². The molecule has 2 saturated heterocycles. The molecule has 1 N–H and O–H groups in total. The number of ether oxygens (including phenoxy) is 2. The Morgan fingerprint density at radius 2 is 1.73 bits per heavy atom. The third kappa shape index (κ3) is 4.84. The SMILES string of the molecule is [B]c1cc(OCc2ccc(CN3CCOCC3)cc2)c2c(c1[B])C(=O)N(C1CCC(=O)NC1=O)C2([B])[B]. The lowest BCUT2D eigenvalue weighted by atomic mass is 9.56. The summed E-state index contributed by atoms with van der Waals surface area (Å²) in [6.45, 7) is 4.30. The van der Waals surface area contributed by atoms with Crippen LogP contribution in [0.5, 0.6) is 5.75 Å². The van der Waals surface area contributed by atoms with Gasteiger partial charge in [-0.1, -0.05) is 35.2 Å². The van der Waals surface area contributed by atoms with Gasteiger partial charge in [-0.3, -0.25) is 24.6 Å². The van der Waals surface area contributed by atoms with Crippen LogP contribution < -0.4 is 21.0 Å². The normalized spacial score (nSPS) is 21.6. The van der Waals surface area contributed by atoms with Gasteiger partial charge in [-0.2, -0.15) is 0 Å². The quantitative estimate of drug-likeness (QED) is 0.389. The Labute approximate surface area is 221 Å². The first kappa shape index (κ1) is 25.7. The third-order valence-electron chi connectivity index (χ3n) is 7.04. The molecule has 180 valence electrons. The lowest BCUT2D eigenvalue weighted by Gasteiger charge is -2.40. The number of fused-ring (bicyclic) bond motifs is 1. The molecule has 8 radical (unpaired) electrons. The number of hydrogen-bond donors (Lipinski definition) is 1. The van der Waals surface area contributed by atoms with Crippen LogP contribution in [0.2, 0.25) is 0 Å². The van der Waals surface area contributed by atoms with E-state index in [9.17, 15) is 14.4 Å². The molecule has 2 fully saturated rings. The van der Waals surface area contributed by atoms with Crippen molar-refractivity contribution in [2.24, 2.45) is 0 Å². The minimum atomic E-state index is -1.91. The molecule has 3 amide bonds. The molecular formula is C25H23B4N3O5. The summed E-state index contributed by atoms with van der Waals surface area (Å²) < 4.78 is 11.5. The smallest absolute Gasteiger partial charge is 0.253 e. The molecule has 1 unspecified atom stereocenters. The number of carbonyl (C=O) groups is 3. The monoisotopic (exact) mass is 489 g/mol. The number of amides is 3. The second-order valence-electron chi connectivity index (χ2n) is 9.59. The largest absolute Gasteiger partial charge is 0.489 e. The lowest BCUT2D eigenvalue weighted by Crippen LogP contribution is -2.59. The van der Waals surface area contributed by atoms with Crippen LogP contribution in [0.15, 0.2) is 30.3 Å². The Bertz CT molecular complexity index is 1250. The van der Waals surface area contributed by atoms with Crippen molar-refractivity contribution < 1.29 is 23.9 Å². The fourth-order valence-corrected chi connectivity index (χ4v) is 5.08. The number of benzene rings is 2. The van der Waals surface area contributed by atoms with E-state index >= 15 is 0 Å². The summed E-state index contributed by atoms with van der Waals surface area (Å²) in [6, 6.07) is 8.46. The van der Waals surface area contributed by atoms with Gasteiger partial charge in [0.1, 0.15) is 34.1 Å². The average Bonchev–Trinajstić information content (AvgIpc) is 3.08. The molecular weight excluding hydrogens is 466 g/mol. The van der Waals surface area contributed by atoms with Gasteiger partial charge in [0.15, 0.2) is 0 Å². The molecule has 0 saturated carbocycles. The molecule has 0 aliphatic carbocycles. The number of hydrogen-bond acceptors (Lipinski definition) is 6. The standard InChI is InChI=1S/C25H23B4N3O5/c26-16-11-18(37-13-15-3-1-14(2-4-15)12-31-7-9-36-10-8-31)21-20(22(16)27)24(35)32(25(21,28)29)17-5-6-19(33)30-23(17)34/h1-4,11,17H,5-10,12-13H2,(H,30,33,34). The highest BCUT2D eigenvalue weighted by atomic mass is 16.5. The van der Waals surface area contributed by atoms with Gasteiger partial charge in [0.25, 0.3) is 5.91 Å². The van der Waals surface area contributed by atoms with E-state index < -0.39 is 29.1 Å². The Morgan fingerprint density at radius 1 is 1.05 bits per heavy atom. The summed E-state index contributed by atoms with van der Waals surface area (Å²) in [5, 5.41) is 0.321. The maximum absolute atomic E-state index is 13.4. The lowest BCUT2D eigenvalue weighted by molar-refractivity contribution is -0.137. The van der Waals surface area contributed by atoms with Crippen LogP contribution in [-0.4, -0.2) is 91.3 Å². The third-order valence-corrected chi connectivity index (χ3v) is 7.04. The van der Waals surface area contributed by atoms with Crippen LogP contribution in [0.4, 0.5) is 0 Å². The van der Waals surface area contributed by atoms with Crippen LogP contribution in [0, 0.1) is 0 Å². The Balaban J connectivity index is 1.37. The summed E-state index contributed by atoms with van der Waals surface area (Å²) in [7, 11) is 25.2.